The number of amides is 4. The van der Waals surface area contributed by atoms with E-state index < -0.39 is 96.1 Å². The number of carbonyl (C=O) groups excluding carboxylic acids is 8. The van der Waals surface area contributed by atoms with Crippen molar-refractivity contribution in [2.24, 2.45) is 23.7 Å². The van der Waals surface area contributed by atoms with Gasteiger partial charge in [0.25, 0.3) is 23.6 Å². The van der Waals surface area contributed by atoms with Gasteiger partial charge in [-0.25, -0.2) is 19.2 Å². The first-order chi connectivity index (χ1) is 41.4. The quantitative estimate of drug-likeness (QED) is 0.0612. The zero-order valence-electron chi connectivity index (χ0n) is 55.1. The number of rotatable bonds is 20. The smallest absolute Gasteiger partial charge is 0.329 e. The maximum Gasteiger partial charge on any atom is 0.329 e. The van der Waals surface area contributed by atoms with Crippen molar-refractivity contribution < 1.29 is 66.8 Å². The van der Waals surface area contributed by atoms with Crippen molar-refractivity contribution in [1.29, 1.82) is 0 Å². The molecule has 1 aliphatic heterocycles. The SMILES string of the molecule is CCOc1cc(C)n(Cc2ccc(C[C@H]3OC(=O)[C@H](CC(C)C)N(C)C(=O)[C@@H](C)OC(=O)[C@H](CC(C)C)N(C)C(=O)[C@@H](Cc4ccc(Cn5nc(OCC)cc5C)cc4)OC(=O)[C@H](CC(C)C)N(C)C(=O)[C@@H](C)OC(=O)[C@H](CC(C)C)N(C)C3=O)cc2)n1. The second-order valence-corrected chi connectivity index (χ2v) is 24.9. The lowest BCUT2D eigenvalue weighted by atomic mass is 9.99. The van der Waals surface area contributed by atoms with Crippen LogP contribution in [0, 0.1) is 37.5 Å². The Balaban J connectivity index is 1.58. The van der Waals surface area contributed by atoms with Gasteiger partial charge in [0.05, 0.1) is 26.3 Å². The number of nitrogens with zero attached hydrogens (tertiary/aromatic N) is 8. The van der Waals surface area contributed by atoms with Crippen LogP contribution in [0.15, 0.2) is 60.7 Å². The van der Waals surface area contributed by atoms with Gasteiger partial charge in [-0.15, -0.1) is 10.2 Å². The van der Waals surface area contributed by atoms with Crippen molar-refractivity contribution in [2.45, 2.75) is 197 Å². The Labute approximate surface area is 519 Å². The van der Waals surface area contributed by atoms with E-state index in [1.54, 1.807) is 33.6 Å². The molecule has 4 aromatic rings. The minimum Gasteiger partial charge on any atom is -0.477 e. The maximum atomic E-state index is 15.1. The molecule has 0 saturated carbocycles. The Bertz CT molecular complexity index is 2790. The Hall–Kier alpha value is -7.78. The van der Waals surface area contributed by atoms with Crippen LogP contribution >= 0.6 is 0 Å². The Morgan fingerprint density at radius 1 is 0.420 bits per heavy atom. The molecule has 2 aromatic carbocycles. The van der Waals surface area contributed by atoms with Gasteiger partial charge in [0.15, 0.2) is 24.4 Å². The monoisotopic (exact) mass is 1220 g/mol. The van der Waals surface area contributed by atoms with Crippen molar-refractivity contribution in [3.8, 4) is 11.8 Å². The van der Waals surface area contributed by atoms with Crippen LogP contribution in [0.3, 0.4) is 0 Å². The van der Waals surface area contributed by atoms with E-state index in [9.17, 15) is 28.8 Å². The van der Waals surface area contributed by atoms with Crippen LogP contribution < -0.4 is 9.47 Å². The minimum atomic E-state index is -1.56. The highest BCUT2D eigenvalue weighted by atomic mass is 16.6. The predicted octanol–water partition coefficient (Wildman–Crippen LogP) is 7.57. The fourth-order valence-electron chi connectivity index (χ4n) is 10.5. The number of benzene rings is 2. The van der Waals surface area contributed by atoms with Crippen LogP contribution in [0.4, 0.5) is 0 Å². The molecule has 0 aliphatic carbocycles. The third-order valence-electron chi connectivity index (χ3n) is 15.5. The van der Waals surface area contributed by atoms with E-state index in [0.717, 1.165) is 42.1 Å². The van der Waals surface area contributed by atoms with Gasteiger partial charge in [-0.3, -0.25) is 28.5 Å². The summed E-state index contributed by atoms with van der Waals surface area (Å²) in [6, 6.07) is 13.2. The fourth-order valence-corrected chi connectivity index (χ4v) is 10.5. The van der Waals surface area contributed by atoms with Gasteiger partial charge < -0.3 is 48.0 Å². The van der Waals surface area contributed by atoms with Crippen LogP contribution in [-0.4, -0.2) is 177 Å². The number of ether oxygens (including phenoxy) is 6. The summed E-state index contributed by atoms with van der Waals surface area (Å²) in [5, 5.41) is 9.08. The summed E-state index contributed by atoms with van der Waals surface area (Å²) in [6.07, 6.45) is -6.13. The van der Waals surface area contributed by atoms with E-state index in [-0.39, 0.29) is 62.2 Å². The molecule has 0 unspecified atom stereocenters. The van der Waals surface area contributed by atoms with Gasteiger partial charge in [-0.05, 0) is 113 Å². The highest BCUT2D eigenvalue weighted by molar-refractivity contribution is 5.94. The molecule has 8 atom stereocenters. The summed E-state index contributed by atoms with van der Waals surface area (Å²) >= 11 is 0. The molecule has 4 amide bonds. The second-order valence-electron chi connectivity index (χ2n) is 24.9. The van der Waals surface area contributed by atoms with Gasteiger partial charge in [0.2, 0.25) is 11.8 Å². The molecule has 1 saturated heterocycles. The Morgan fingerprint density at radius 2 is 0.682 bits per heavy atom. The standard InChI is InChI=1S/C66H96N8O14/c1-19-83-57-33-43(11)73(67-57)37-49-25-21-47(22-26-49)35-55-61(77)71(17)51(29-39(3)4)63(79)85-46(14)60(76)70(16)54(32-42(9)10)66(82)88-56(36-48-23-27-50(28-24-48)38-74-44(12)34-58(68-74)84-20-2)62(78)72(18)52(30-40(5)6)64(80)86-45(13)59(75)69(15)53(31-41(7)8)65(81)87-55/h21-28,33-34,39-42,45-46,51-56H,19-20,29-32,35-38H2,1-18H3/t45-,46-,51+,52+,53+,54+,55-,56-/m1/s1. The predicted molar refractivity (Wildman–Crippen MR) is 330 cm³/mol. The number of aryl methyl sites for hydroxylation is 2. The number of aromatic nitrogens is 4. The molecule has 484 valence electrons. The molecule has 88 heavy (non-hydrogen) atoms. The lowest BCUT2D eigenvalue weighted by Gasteiger charge is -2.35. The van der Waals surface area contributed by atoms with E-state index in [1.807, 2.05) is 119 Å². The molecule has 2 aromatic heterocycles. The number of esters is 4. The first kappa shape index (κ1) is 71.0. The topological polar surface area (TPSA) is 241 Å². The maximum absolute atomic E-state index is 15.1. The number of likely N-dealkylation sites (N-methyl/N-ethyl adjacent to an activating group) is 4. The first-order valence-corrected chi connectivity index (χ1v) is 30.8. The van der Waals surface area contributed by atoms with E-state index in [1.165, 1.54) is 42.0 Å². The normalized spacial score (nSPS) is 22.2. The molecule has 1 fully saturated rings. The summed E-state index contributed by atoms with van der Waals surface area (Å²) in [6.45, 7) is 26.9. The van der Waals surface area contributed by atoms with Crippen molar-refractivity contribution in [3.05, 3.63) is 94.3 Å². The summed E-state index contributed by atoms with van der Waals surface area (Å²) < 4.78 is 39.2. The molecular formula is C66H96N8O14. The number of hydrogen-bond acceptors (Lipinski definition) is 16. The molecule has 0 bridgehead atoms. The van der Waals surface area contributed by atoms with E-state index in [0.29, 0.717) is 49.2 Å². The van der Waals surface area contributed by atoms with Gasteiger partial charge in [-0.2, -0.15) is 0 Å². The fraction of sp³-hybridized carbons (Fsp3) is 0.606. The Morgan fingerprint density at radius 3 is 0.955 bits per heavy atom. The molecule has 5 rings (SSSR count). The minimum absolute atomic E-state index is 0.0705. The largest absolute Gasteiger partial charge is 0.477 e. The van der Waals surface area contributed by atoms with E-state index in [2.05, 4.69) is 10.2 Å². The van der Waals surface area contributed by atoms with Gasteiger partial charge in [0.1, 0.15) is 24.2 Å². The molecule has 22 heteroatoms. The van der Waals surface area contributed by atoms with E-state index >= 15 is 9.59 Å². The second kappa shape index (κ2) is 32.4. The third-order valence-corrected chi connectivity index (χ3v) is 15.5. The zero-order chi connectivity index (χ0) is 65.4. The first-order valence-electron chi connectivity index (χ1n) is 30.8. The van der Waals surface area contributed by atoms with Gasteiger partial charge >= 0.3 is 23.9 Å². The number of carbonyl (C=O) groups is 8. The molecular weight excluding hydrogens is 1130 g/mol. The molecule has 3 heterocycles. The van der Waals surface area contributed by atoms with Crippen LogP contribution in [0.5, 0.6) is 11.8 Å². The van der Waals surface area contributed by atoms with Crippen molar-refractivity contribution >= 4 is 47.5 Å². The van der Waals surface area contributed by atoms with Crippen LogP contribution in [0.2, 0.25) is 0 Å². The van der Waals surface area contributed by atoms with Gasteiger partial charge in [0, 0.05) is 64.6 Å². The number of cyclic esters (lactones) is 4. The van der Waals surface area contributed by atoms with Crippen LogP contribution in [-0.2, 0) is 83.2 Å². The Kier molecular flexibility index (Phi) is 26.2. The molecule has 0 N–H and O–H groups in total. The molecule has 0 radical (unpaired) electrons. The summed E-state index contributed by atoms with van der Waals surface area (Å²) in [7, 11) is 5.57. The highest BCUT2D eigenvalue weighted by Crippen LogP contribution is 2.26. The summed E-state index contributed by atoms with van der Waals surface area (Å²) in [5.74, 6) is -6.56. The van der Waals surface area contributed by atoms with Crippen LogP contribution in [0.25, 0.3) is 0 Å². The highest BCUT2D eigenvalue weighted by Gasteiger charge is 2.43. The third kappa shape index (κ3) is 19.6. The van der Waals surface area contributed by atoms with Crippen molar-refractivity contribution in [1.82, 2.24) is 39.2 Å². The van der Waals surface area contributed by atoms with E-state index in [4.69, 9.17) is 28.4 Å². The average Bonchev–Trinajstić information content (AvgIpc) is 2.48. The summed E-state index contributed by atoms with van der Waals surface area (Å²) in [5.41, 5.74) is 4.74. The summed E-state index contributed by atoms with van der Waals surface area (Å²) in [4.78, 5) is 123. The molecule has 22 nitrogen and oxygen atoms in total. The number of hydrogen-bond donors (Lipinski definition) is 0. The van der Waals surface area contributed by atoms with Crippen molar-refractivity contribution in [2.75, 3.05) is 41.4 Å². The molecule has 1 aliphatic rings. The van der Waals surface area contributed by atoms with Crippen LogP contribution in [0.1, 0.15) is 142 Å². The lowest BCUT2D eigenvalue weighted by Crippen LogP contribution is -2.55. The van der Waals surface area contributed by atoms with Gasteiger partial charge in [-0.1, -0.05) is 104 Å². The zero-order valence-corrected chi connectivity index (χ0v) is 55.1. The molecule has 0 spiro atoms. The average molecular weight is 1230 g/mol. The lowest BCUT2D eigenvalue weighted by molar-refractivity contribution is -0.176. The van der Waals surface area contributed by atoms with Crippen molar-refractivity contribution in [3.63, 3.8) is 0 Å².